The van der Waals surface area contributed by atoms with E-state index in [-0.39, 0.29) is 24.5 Å². The van der Waals surface area contributed by atoms with E-state index in [0.29, 0.717) is 0 Å². The molecule has 3 N–H and O–H groups in total. The first-order chi connectivity index (χ1) is 5.24. The lowest BCUT2D eigenvalue weighted by Gasteiger charge is -2.00. The first-order valence-corrected chi connectivity index (χ1v) is 3.18. The Labute approximate surface area is 63.1 Å². The second-order valence-corrected chi connectivity index (χ2v) is 2.04. The summed E-state index contributed by atoms with van der Waals surface area (Å²) in [4.78, 5) is 10.9. The predicted octanol–water partition coefficient (Wildman–Crippen LogP) is -1.18. The average molecular weight is 155 g/mol. The smallest absolute Gasteiger partial charge is 0.266 e. The normalized spacial score (nSPS) is 9.91. The molecule has 1 heterocycles. The maximum Gasteiger partial charge on any atom is 0.266 e. The van der Waals surface area contributed by atoms with Gasteiger partial charge in [0, 0.05) is 6.07 Å². The minimum absolute atomic E-state index is 0.115. The van der Waals surface area contributed by atoms with E-state index in [1.807, 2.05) is 0 Å². The summed E-state index contributed by atoms with van der Waals surface area (Å²) in [6.07, 6.45) is 0. The van der Waals surface area contributed by atoms with Gasteiger partial charge in [-0.25, -0.2) is 4.68 Å². The molecule has 0 atom stereocenters. The summed E-state index contributed by atoms with van der Waals surface area (Å²) in [5.41, 5.74) is 5.05. The van der Waals surface area contributed by atoms with Crippen LogP contribution in [0.2, 0.25) is 0 Å². The average Bonchev–Trinajstić information content (AvgIpc) is 1.98. The van der Waals surface area contributed by atoms with Crippen molar-refractivity contribution in [3.05, 3.63) is 22.5 Å². The number of aromatic nitrogens is 2. The number of rotatable bonds is 2. The summed E-state index contributed by atoms with van der Waals surface area (Å²) in [5.74, 6) is 0.276. The fourth-order valence-electron chi connectivity index (χ4n) is 0.720. The monoisotopic (exact) mass is 155 g/mol. The zero-order valence-electron chi connectivity index (χ0n) is 5.90. The molecule has 0 saturated carbocycles. The maximum absolute atomic E-state index is 10.9. The quantitative estimate of drug-likeness (QED) is 0.563. The number of nitrogen functional groups attached to an aromatic ring is 1. The Balaban J connectivity index is 3.03. The van der Waals surface area contributed by atoms with Gasteiger partial charge in [0.05, 0.1) is 13.2 Å². The topological polar surface area (TPSA) is 81.1 Å². The van der Waals surface area contributed by atoms with E-state index in [0.717, 1.165) is 4.68 Å². The molecule has 0 amide bonds. The van der Waals surface area contributed by atoms with Gasteiger partial charge in [-0.2, -0.15) is 5.10 Å². The summed E-state index contributed by atoms with van der Waals surface area (Å²) in [5, 5.41) is 12.2. The summed E-state index contributed by atoms with van der Waals surface area (Å²) in [6, 6.07) is 2.74. The molecule has 0 bridgehead atoms. The molecular formula is C6H9N3O2. The molecule has 1 rings (SSSR count). The SMILES string of the molecule is Nc1ccc(=O)n(CCO)n1. The molecule has 1 aromatic heterocycles. The van der Waals surface area contributed by atoms with Gasteiger partial charge in [0.2, 0.25) is 0 Å². The van der Waals surface area contributed by atoms with Crippen molar-refractivity contribution in [2.45, 2.75) is 6.54 Å². The van der Waals surface area contributed by atoms with Crippen LogP contribution in [0.1, 0.15) is 0 Å². The van der Waals surface area contributed by atoms with Crippen LogP contribution in [0.4, 0.5) is 5.82 Å². The van der Waals surface area contributed by atoms with Gasteiger partial charge in [-0.1, -0.05) is 0 Å². The second kappa shape index (κ2) is 3.16. The van der Waals surface area contributed by atoms with Crippen molar-refractivity contribution in [3.63, 3.8) is 0 Å². The van der Waals surface area contributed by atoms with Crippen LogP contribution in [-0.4, -0.2) is 21.5 Å². The molecule has 5 heteroatoms. The van der Waals surface area contributed by atoms with Gasteiger partial charge < -0.3 is 10.8 Å². The number of anilines is 1. The summed E-state index contributed by atoms with van der Waals surface area (Å²) in [6.45, 7) is 0.0697. The number of aliphatic hydroxyl groups is 1. The van der Waals surface area contributed by atoms with E-state index in [1.165, 1.54) is 12.1 Å². The lowest BCUT2D eigenvalue weighted by Crippen LogP contribution is -2.24. The highest BCUT2D eigenvalue weighted by atomic mass is 16.3. The second-order valence-electron chi connectivity index (χ2n) is 2.04. The van der Waals surface area contributed by atoms with Gasteiger partial charge in [0.1, 0.15) is 5.82 Å². The van der Waals surface area contributed by atoms with Crippen LogP contribution < -0.4 is 11.3 Å². The Morgan fingerprint density at radius 3 is 3.00 bits per heavy atom. The largest absolute Gasteiger partial charge is 0.394 e. The summed E-state index contributed by atoms with van der Waals surface area (Å²) >= 11 is 0. The molecule has 0 aliphatic carbocycles. The van der Waals surface area contributed by atoms with Crippen LogP contribution in [0.25, 0.3) is 0 Å². The van der Waals surface area contributed by atoms with Crippen LogP contribution in [0, 0.1) is 0 Å². The Morgan fingerprint density at radius 1 is 1.64 bits per heavy atom. The van der Waals surface area contributed by atoms with Crippen molar-refractivity contribution in [1.29, 1.82) is 0 Å². The molecule has 11 heavy (non-hydrogen) atoms. The van der Waals surface area contributed by atoms with Crippen LogP contribution in [0.3, 0.4) is 0 Å². The van der Waals surface area contributed by atoms with Crippen LogP contribution in [0.15, 0.2) is 16.9 Å². The van der Waals surface area contributed by atoms with Crippen LogP contribution >= 0.6 is 0 Å². The van der Waals surface area contributed by atoms with E-state index < -0.39 is 0 Å². The zero-order chi connectivity index (χ0) is 8.27. The first-order valence-electron chi connectivity index (χ1n) is 3.18. The first kappa shape index (κ1) is 7.74. The molecule has 0 unspecified atom stereocenters. The Kier molecular flexibility index (Phi) is 2.22. The van der Waals surface area contributed by atoms with E-state index in [2.05, 4.69) is 5.10 Å². The summed E-state index contributed by atoms with van der Waals surface area (Å²) in [7, 11) is 0. The number of hydrogen-bond acceptors (Lipinski definition) is 4. The van der Waals surface area contributed by atoms with Gasteiger partial charge in [0.25, 0.3) is 5.56 Å². The van der Waals surface area contributed by atoms with Gasteiger partial charge in [-0.3, -0.25) is 4.79 Å². The predicted molar refractivity (Wildman–Crippen MR) is 40.0 cm³/mol. The molecule has 0 fully saturated rings. The van der Waals surface area contributed by atoms with Gasteiger partial charge in [-0.15, -0.1) is 0 Å². The highest BCUT2D eigenvalue weighted by Gasteiger charge is 1.95. The van der Waals surface area contributed by atoms with Gasteiger partial charge in [0.15, 0.2) is 0 Å². The van der Waals surface area contributed by atoms with E-state index >= 15 is 0 Å². The molecule has 1 aromatic rings. The summed E-state index contributed by atoms with van der Waals surface area (Å²) < 4.78 is 1.12. The van der Waals surface area contributed by atoms with E-state index in [4.69, 9.17) is 10.8 Å². The van der Waals surface area contributed by atoms with Gasteiger partial charge in [-0.05, 0) is 6.07 Å². The third-order valence-corrected chi connectivity index (χ3v) is 1.20. The molecule has 0 saturated heterocycles. The minimum Gasteiger partial charge on any atom is -0.394 e. The minimum atomic E-state index is -0.256. The number of hydrogen-bond donors (Lipinski definition) is 2. The lowest BCUT2D eigenvalue weighted by atomic mass is 10.5. The number of nitrogens with zero attached hydrogens (tertiary/aromatic N) is 2. The third kappa shape index (κ3) is 1.78. The van der Waals surface area contributed by atoms with Crippen molar-refractivity contribution in [2.24, 2.45) is 0 Å². The number of nitrogens with two attached hydrogens (primary N) is 1. The van der Waals surface area contributed by atoms with E-state index in [9.17, 15) is 4.79 Å². The van der Waals surface area contributed by atoms with Crippen LogP contribution in [0.5, 0.6) is 0 Å². The zero-order valence-corrected chi connectivity index (χ0v) is 5.90. The number of aliphatic hydroxyl groups excluding tert-OH is 1. The fraction of sp³-hybridized carbons (Fsp3) is 0.333. The molecule has 0 aliphatic heterocycles. The van der Waals surface area contributed by atoms with Crippen molar-refractivity contribution >= 4 is 5.82 Å². The fourth-order valence-corrected chi connectivity index (χ4v) is 0.720. The Morgan fingerprint density at radius 2 is 2.36 bits per heavy atom. The van der Waals surface area contributed by atoms with Crippen molar-refractivity contribution in [3.8, 4) is 0 Å². The highest BCUT2D eigenvalue weighted by Crippen LogP contribution is 1.87. The third-order valence-electron chi connectivity index (χ3n) is 1.20. The molecule has 0 aliphatic rings. The van der Waals surface area contributed by atoms with Gasteiger partial charge >= 0.3 is 0 Å². The molecular weight excluding hydrogens is 146 g/mol. The van der Waals surface area contributed by atoms with Crippen LogP contribution in [-0.2, 0) is 6.54 Å². The molecule has 0 radical (unpaired) electrons. The van der Waals surface area contributed by atoms with Crippen molar-refractivity contribution < 1.29 is 5.11 Å². The molecule has 0 spiro atoms. The molecule has 60 valence electrons. The standard InChI is InChI=1S/C6H9N3O2/c7-5-1-2-6(11)9(8-5)3-4-10/h1-2,10H,3-4H2,(H2,7,8). The van der Waals surface area contributed by atoms with Crippen molar-refractivity contribution in [1.82, 2.24) is 9.78 Å². The lowest BCUT2D eigenvalue weighted by molar-refractivity contribution is 0.266. The Bertz CT molecular complexity index is 294. The van der Waals surface area contributed by atoms with E-state index in [1.54, 1.807) is 0 Å². The van der Waals surface area contributed by atoms with Crippen molar-refractivity contribution in [2.75, 3.05) is 12.3 Å². The highest BCUT2D eigenvalue weighted by molar-refractivity contribution is 5.23. The molecule has 5 nitrogen and oxygen atoms in total. The maximum atomic E-state index is 10.9. The molecule has 0 aromatic carbocycles. The Hall–Kier alpha value is -1.36.